The van der Waals surface area contributed by atoms with Gasteiger partial charge in [-0.15, -0.1) is 11.3 Å². The number of aryl methyl sites for hydroxylation is 1. The summed E-state index contributed by atoms with van der Waals surface area (Å²) < 4.78 is 6.85. The first-order valence-corrected chi connectivity index (χ1v) is 10.2. The zero-order valence-electron chi connectivity index (χ0n) is 15.5. The molecule has 1 amide bonds. The second-order valence-electron chi connectivity index (χ2n) is 6.77. The monoisotopic (exact) mass is 398 g/mol. The lowest BCUT2D eigenvalue weighted by Crippen LogP contribution is -2.35. The Bertz CT molecular complexity index is 1010. The van der Waals surface area contributed by atoms with Crippen molar-refractivity contribution in [3.63, 3.8) is 0 Å². The van der Waals surface area contributed by atoms with Crippen LogP contribution < -0.4 is 10.9 Å². The van der Waals surface area contributed by atoms with Gasteiger partial charge >= 0.3 is 0 Å². The van der Waals surface area contributed by atoms with Gasteiger partial charge in [-0.25, -0.2) is 4.98 Å². The van der Waals surface area contributed by atoms with Gasteiger partial charge in [0.2, 0.25) is 5.91 Å². The summed E-state index contributed by atoms with van der Waals surface area (Å²) in [7, 11) is 0. The summed E-state index contributed by atoms with van der Waals surface area (Å²) in [6.07, 6.45) is 1.72. The Labute approximate surface area is 166 Å². The maximum atomic E-state index is 12.3. The zero-order valence-corrected chi connectivity index (χ0v) is 16.3. The number of anilines is 1. The van der Waals surface area contributed by atoms with Crippen LogP contribution in [0.25, 0.3) is 10.2 Å². The zero-order chi connectivity index (χ0) is 19.3. The summed E-state index contributed by atoms with van der Waals surface area (Å²) in [6.45, 7) is 4.66. The Hall–Kier alpha value is -2.55. The first-order chi connectivity index (χ1) is 13.7. The Morgan fingerprint density at radius 2 is 1.96 bits per heavy atom. The van der Waals surface area contributed by atoms with E-state index in [4.69, 9.17) is 4.74 Å². The molecule has 1 N–H and O–H groups in total. The molecule has 1 aromatic carbocycles. The molecule has 0 unspecified atom stereocenters. The highest BCUT2D eigenvalue weighted by Crippen LogP contribution is 2.14. The molecule has 0 spiro atoms. The van der Waals surface area contributed by atoms with Gasteiger partial charge in [0.15, 0.2) is 0 Å². The van der Waals surface area contributed by atoms with Crippen LogP contribution in [0.1, 0.15) is 12.0 Å². The molecule has 4 rings (SSSR count). The van der Waals surface area contributed by atoms with Crippen molar-refractivity contribution in [2.45, 2.75) is 19.5 Å². The molecule has 8 heteroatoms. The number of nitrogens with one attached hydrogen (secondary N) is 1. The third kappa shape index (κ3) is 4.46. The average molecular weight is 398 g/mol. The first-order valence-electron chi connectivity index (χ1n) is 9.30. The van der Waals surface area contributed by atoms with Crippen molar-refractivity contribution in [2.75, 3.05) is 31.6 Å². The number of carbonyl (C=O) groups excluding carboxylic acids is 1. The van der Waals surface area contributed by atoms with Crippen molar-refractivity contribution in [1.82, 2.24) is 14.5 Å². The van der Waals surface area contributed by atoms with E-state index in [1.807, 2.05) is 29.6 Å². The quantitative estimate of drug-likeness (QED) is 0.690. The predicted octanol–water partition coefficient (Wildman–Crippen LogP) is 2.32. The van der Waals surface area contributed by atoms with E-state index in [2.05, 4.69) is 15.2 Å². The standard InChI is InChI=1S/C20H22N4O3S/c25-18(5-7-24-14-21-19-17(20(24)26)6-12-28-19)22-16-3-1-15(2-4-16)13-23-8-10-27-11-9-23/h1-4,6,12,14H,5,7-11,13H2,(H,22,25). The minimum Gasteiger partial charge on any atom is -0.379 e. The van der Waals surface area contributed by atoms with Crippen molar-refractivity contribution in [1.29, 1.82) is 0 Å². The number of hydrogen-bond donors (Lipinski definition) is 1. The largest absolute Gasteiger partial charge is 0.379 e. The van der Waals surface area contributed by atoms with Crippen LogP contribution in [0, 0.1) is 0 Å². The molecule has 0 bridgehead atoms. The molecule has 0 saturated carbocycles. The summed E-state index contributed by atoms with van der Waals surface area (Å²) in [4.78, 5) is 31.9. The highest BCUT2D eigenvalue weighted by molar-refractivity contribution is 7.16. The maximum absolute atomic E-state index is 12.3. The van der Waals surface area contributed by atoms with Crippen molar-refractivity contribution in [2.24, 2.45) is 0 Å². The van der Waals surface area contributed by atoms with E-state index in [9.17, 15) is 9.59 Å². The normalized spacial score (nSPS) is 15.0. The van der Waals surface area contributed by atoms with Gasteiger partial charge in [0.1, 0.15) is 4.83 Å². The SMILES string of the molecule is O=C(CCn1cnc2sccc2c1=O)Nc1ccc(CN2CCOCC2)cc1. The van der Waals surface area contributed by atoms with Gasteiger partial charge in [0.05, 0.1) is 24.9 Å². The van der Waals surface area contributed by atoms with Crippen LogP contribution in [0.5, 0.6) is 0 Å². The molecule has 1 saturated heterocycles. The van der Waals surface area contributed by atoms with Crippen LogP contribution in [0.4, 0.5) is 5.69 Å². The van der Waals surface area contributed by atoms with Crippen LogP contribution in [-0.4, -0.2) is 46.7 Å². The van der Waals surface area contributed by atoms with E-state index >= 15 is 0 Å². The smallest absolute Gasteiger partial charge is 0.262 e. The number of benzene rings is 1. The Morgan fingerprint density at radius 1 is 1.18 bits per heavy atom. The van der Waals surface area contributed by atoms with Crippen molar-refractivity contribution >= 4 is 33.1 Å². The number of nitrogens with zero attached hydrogens (tertiary/aromatic N) is 3. The number of rotatable bonds is 6. The number of fused-ring (bicyclic) bond motifs is 1. The van der Waals surface area contributed by atoms with Crippen molar-refractivity contribution < 1.29 is 9.53 Å². The van der Waals surface area contributed by atoms with Gasteiger partial charge in [0, 0.05) is 38.3 Å². The molecule has 1 fully saturated rings. The van der Waals surface area contributed by atoms with E-state index in [1.165, 1.54) is 27.8 Å². The third-order valence-corrected chi connectivity index (χ3v) is 5.60. The molecule has 1 aliphatic heterocycles. The molecule has 0 radical (unpaired) electrons. The topological polar surface area (TPSA) is 76.5 Å². The Balaban J connectivity index is 1.30. The Morgan fingerprint density at radius 3 is 2.75 bits per heavy atom. The summed E-state index contributed by atoms with van der Waals surface area (Å²) in [5.74, 6) is -0.127. The minimum absolute atomic E-state index is 0.105. The minimum atomic E-state index is -0.127. The maximum Gasteiger partial charge on any atom is 0.262 e. The summed E-state index contributed by atoms with van der Waals surface area (Å²) in [6, 6.07) is 9.66. The number of aromatic nitrogens is 2. The van der Waals surface area contributed by atoms with Gasteiger partial charge in [-0.05, 0) is 29.1 Å². The molecule has 2 aromatic heterocycles. The molecular formula is C20H22N4O3S. The lowest BCUT2D eigenvalue weighted by molar-refractivity contribution is -0.116. The van der Waals surface area contributed by atoms with Crippen molar-refractivity contribution in [3.05, 3.63) is 58.0 Å². The second-order valence-corrected chi connectivity index (χ2v) is 7.66. The van der Waals surface area contributed by atoms with Crippen LogP contribution in [0.3, 0.4) is 0 Å². The molecule has 7 nitrogen and oxygen atoms in total. The van der Waals surface area contributed by atoms with E-state index in [-0.39, 0.29) is 17.9 Å². The van der Waals surface area contributed by atoms with E-state index < -0.39 is 0 Å². The highest BCUT2D eigenvalue weighted by atomic mass is 32.1. The molecule has 0 aliphatic carbocycles. The average Bonchev–Trinajstić information content (AvgIpc) is 3.20. The molecule has 3 aromatic rings. The van der Waals surface area contributed by atoms with E-state index in [0.29, 0.717) is 11.9 Å². The number of thiophene rings is 1. The van der Waals surface area contributed by atoms with Crippen LogP contribution >= 0.6 is 11.3 Å². The number of hydrogen-bond acceptors (Lipinski definition) is 6. The van der Waals surface area contributed by atoms with E-state index in [0.717, 1.165) is 43.4 Å². The van der Waals surface area contributed by atoms with Gasteiger partial charge in [0.25, 0.3) is 5.56 Å². The van der Waals surface area contributed by atoms with Gasteiger partial charge in [-0.1, -0.05) is 12.1 Å². The number of ether oxygens (including phenoxy) is 1. The van der Waals surface area contributed by atoms with E-state index in [1.54, 1.807) is 6.07 Å². The molecule has 146 valence electrons. The summed E-state index contributed by atoms with van der Waals surface area (Å²) in [5, 5.41) is 5.34. The molecule has 3 heterocycles. The molecular weight excluding hydrogens is 376 g/mol. The Kier molecular flexibility index (Phi) is 5.80. The van der Waals surface area contributed by atoms with Gasteiger partial charge < -0.3 is 10.1 Å². The number of morpholine rings is 1. The first kappa shape index (κ1) is 18.8. The van der Waals surface area contributed by atoms with Gasteiger partial charge in [-0.2, -0.15) is 0 Å². The molecule has 28 heavy (non-hydrogen) atoms. The van der Waals surface area contributed by atoms with Gasteiger partial charge in [-0.3, -0.25) is 19.1 Å². The lowest BCUT2D eigenvalue weighted by Gasteiger charge is -2.26. The van der Waals surface area contributed by atoms with Crippen LogP contribution in [0.2, 0.25) is 0 Å². The molecule has 0 atom stereocenters. The second kappa shape index (κ2) is 8.64. The van der Waals surface area contributed by atoms with Crippen LogP contribution in [-0.2, 0) is 22.6 Å². The highest BCUT2D eigenvalue weighted by Gasteiger charge is 2.11. The number of amides is 1. The number of carbonyl (C=O) groups is 1. The fraction of sp³-hybridized carbons (Fsp3) is 0.350. The summed E-state index contributed by atoms with van der Waals surface area (Å²) >= 11 is 1.44. The lowest BCUT2D eigenvalue weighted by atomic mass is 10.2. The fourth-order valence-electron chi connectivity index (χ4n) is 3.21. The summed E-state index contributed by atoms with van der Waals surface area (Å²) in [5.41, 5.74) is 1.86. The van der Waals surface area contributed by atoms with Crippen LogP contribution in [0.15, 0.2) is 46.8 Å². The fourth-order valence-corrected chi connectivity index (χ4v) is 3.93. The van der Waals surface area contributed by atoms with Crippen molar-refractivity contribution in [3.8, 4) is 0 Å². The molecule has 1 aliphatic rings. The predicted molar refractivity (Wildman–Crippen MR) is 110 cm³/mol. The third-order valence-electron chi connectivity index (χ3n) is 4.78.